The highest BCUT2D eigenvalue weighted by Crippen LogP contribution is 2.23. The van der Waals surface area contributed by atoms with Crippen LogP contribution in [0.25, 0.3) is 0 Å². The standard InChI is InChI=1S/C10H13ClN4/c1-2-8(6-13)15-10-9(11)7(5-12)3-4-14-10/h3-4,8H,2,6,13H2,1H3,(H,14,15). The van der Waals surface area contributed by atoms with E-state index in [1.54, 1.807) is 12.3 Å². The van der Waals surface area contributed by atoms with E-state index in [2.05, 4.69) is 10.3 Å². The number of pyridine rings is 1. The zero-order chi connectivity index (χ0) is 11.3. The summed E-state index contributed by atoms with van der Waals surface area (Å²) in [5, 5.41) is 12.2. The molecule has 0 aliphatic heterocycles. The molecule has 1 aromatic heterocycles. The SMILES string of the molecule is CCC(CN)Nc1nccc(C#N)c1Cl. The van der Waals surface area contributed by atoms with Crippen LogP contribution in [-0.4, -0.2) is 17.6 Å². The molecule has 1 atom stereocenters. The van der Waals surface area contributed by atoms with Gasteiger partial charge in [0.05, 0.1) is 5.56 Å². The highest BCUT2D eigenvalue weighted by molar-refractivity contribution is 6.34. The van der Waals surface area contributed by atoms with Crippen LogP contribution >= 0.6 is 11.6 Å². The minimum Gasteiger partial charge on any atom is -0.365 e. The van der Waals surface area contributed by atoms with E-state index in [4.69, 9.17) is 22.6 Å². The molecule has 0 spiro atoms. The Morgan fingerprint density at radius 3 is 3.00 bits per heavy atom. The summed E-state index contributed by atoms with van der Waals surface area (Å²) >= 11 is 5.98. The van der Waals surface area contributed by atoms with Gasteiger partial charge in [-0.3, -0.25) is 0 Å². The number of nitrogens with one attached hydrogen (secondary N) is 1. The van der Waals surface area contributed by atoms with E-state index < -0.39 is 0 Å². The number of halogens is 1. The van der Waals surface area contributed by atoms with Gasteiger partial charge in [0.1, 0.15) is 16.9 Å². The number of hydrogen-bond acceptors (Lipinski definition) is 4. The van der Waals surface area contributed by atoms with Gasteiger partial charge >= 0.3 is 0 Å². The van der Waals surface area contributed by atoms with Gasteiger partial charge in [-0.2, -0.15) is 5.26 Å². The minimum atomic E-state index is 0.129. The highest BCUT2D eigenvalue weighted by atomic mass is 35.5. The predicted octanol–water partition coefficient (Wildman–Crippen LogP) is 1.76. The van der Waals surface area contributed by atoms with Gasteiger partial charge in [-0.15, -0.1) is 0 Å². The maximum absolute atomic E-state index is 8.78. The molecule has 0 amide bonds. The van der Waals surface area contributed by atoms with E-state index in [0.717, 1.165) is 6.42 Å². The molecule has 5 heteroatoms. The number of nitriles is 1. The van der Waals surface area contributed by atoms with Gasteiger partial charge in [-0.1, -0.05) is 18.5 Å². The third-order valence-corrected chi connectivity index (χ3v) is 2.51. The van der Waals surface area contributed by atoms with Crippen LogP contribution in [0.15, 0.2) is 12.3 Å². The molecule has 3 N–H and O–H groups in total. The number of aromatic nitrogens is 1. The van der Waals surface area contributed by atoms with Gasteiger partial charge in [0, 0.05) is 18.8 Å². The van der Waals surface area contributed by atoms with Crippen molar-refractivity contribution in [3.05, 3.63) is 22.8 Å². The molecule has 0 saturated heterocycles. The second-order valence-corrected chi connectivity index (χ2v) is 3.50. The van der Waals surface area contributed by atoms with Crippen LogP contribution in [0.5, 0.6) is 0 Å². The van der Waals surface area contributed by atoms with E-state index >= 15 is 0 Å². The Morgan fingerprint density at radius 1 is 1.73 bits per heavy atom. The summed E-state index contributed by atoms with van der Waals surface area (Å²) in [6, 6.07) is 3.71. The molecule has 4 nitrogen and oxygen atoms in total. The summed E-state index contributed by atoms with van der Waals surface area (Å²) in [6.07, 6.45) is 2.43. The van der Waals surface area contributed by atoms with Crippen molar-refractivity contribution in [3.8, 4) is 6.07 Å². The van der Waals surface area contributed by atoms with E-state index in [9.17, 15) is 0 Å². The molecule has 1 heterocycles. The quantitative estimate of drug-likeness (QED) is 0.817. The lowest BCUT2D eigenvalue weighted by Gasteiger charge is -2.16. The molecule has 0 aromatic carbocycles. The molecule has 80 valence electrons. The molecule has 0 fully saturated rings. The fraction of sp³-hybridized carbons (Fsp3) is 0.400. The lowest BCUT2D eigenvalue weighted by atomic mass is 10.2. The van der Waals surface area contributed by atoms with Crippen LogP contribution in [0, 0.1) is 11.3 Å². The van der Waals surface area contributed by atoms with Crippen molar-refractivity contribution in [1.29, 1.82) is 5.26 Å². The van der Waals surface area contributed by atoms with Gasteiger partial charge in [0.15, 0.2) is 0 Å². The maximum atomic E-state index is 8.78. The van der Waals surface area contributed by atoms with Crippen LogP contribution in [-0.2, 0) is 0 Å². The molecular weight excluding hydrogens is 212 g/mol. The second kappa shape index (κ2) is 5.54. The van der Waals surface area contributed by atoms with Crippen LogP contribution in [0.4, 0.5) is 5.82 Å². The fourth-order valence-electron chi connectivity index (χ4n) is 1.15. The van der Waals surface area contributed by atoms with Crippen molar-refractivity contribution >= 4 is 17.4 Å². The van der Waals surface area contributed by atoms with Crippen LogP contribution in [0.3, 0.4) is 0 Å². The summed E-state index contributed by atoms with van der Waals surface area (Å²) in [5.74, 6) is 0.521. The summed E-state index contributed by atoms with van der Waals surface area (Å²) in [4.78, 5) is 4.07. The van der Waals surface area contributed by atoms with Gasteiger partial charge in [-0.05, 0) is 12.5 Å². The first-order chi connectivity index (χ1) is 7.22. The number of hydrogen-bond donors (Lipinski definition) is 2. The molecule has 0 aliphatic rings. The zero-order valence-electron chi connectivity index (χ0n) is 8.50. The Balaban J connectivity index is 2.91. The van der Waals surface area contributed by atoms with E-state index in [1.165, 1.54) is 0 Å². The first kappa shape index (κ1) is 11.8. The molecule has 0 saturated carbocycles. The zero-order valence-corrected chi connectivity index (χ0v) is 9.25. The molecule has 15 heavy (non-hydrogen) atoms. The summed E-state index contributed by atoms with van der Waals surface area (Å²) in [6.45, 7) is 2.53. The predicted molar refractivity (Wildman–Crippen MR) is 60.7 cm³/mol. The molecule has 1 unspecified atom stereocenters. The summed E-state index contributed by atoms with van der Waals surface area (Å²) in [7, 11) is 0. The normalized spacial score (nSPS) is 11.9. The first-order valence-corrected chi connectivity index (χ1v) is 5.11. The largest absolute Gasteiger partial charge is 0.365 e. The van der Waals surface area contributed by atoms with Crippen LogP contribution in [0.2, 0.25) is 5.02 Å². The van der Waals surface area contributed by atoms with E-state index in [-0.39, 0.29) is 6.04 Å². The Morgan fingerprint density at radius 2 is 2.47 bits per heavy atom. The molecule has 0 aliphatic carbocycles. The van der Waals surface area contributed by atoms with Gasteiger partial charge < -0.3 is 11.1 Å². The lowest BCUT2D eigenvalue weighted by molar-refractivity contribution is 0.700. The minimum absolute atomic E-state index is 0.129. The fourth-order valence-corrected chi connectivity index (χ4v) is 1.36. The average Bonchev–Trinajstić information content (AvgIpc) is 2.28. The van der Waals surface area contributed by atoms with Gasteiger partial charge in [0.25, 0.3) is 0 Å². The topological polar surface area (TPSA) is 74.7 Å². The van der Waals surface area contributed by atoms with Crippen LogP contribution < -0.4 is 11.1 Å². The maximum Gasteiger partial charge on any atom is 0.146 e. The van der Waals surface area contributed by atoms with E-state index in [0.29, 0.717) is 22.9 Å². The Kier molecular flexibility index (Phi) is 4.35. The Labute approximate surface area is 94.1 Å². The molecule has 0 radical (unpaired) electrons. The monoisotopic (exact) mass is 224 g/mol. The smallest absolute Gasteiger partial charge is 0.146 e. The molecule has 0 bridgehead atoms. The molecule has 1 aromatic rings. The second-order valence-electron chi connectivity index (χ2n) is 3.12. The van der Waals surface area contributed by atoms with Crippen molar-refractivity contribution in [2.45, 2.75) is 19.4 Å². The number of nitrogens with two attached hydrogens (primary N) is 1. The molecular formula is C10H13ClN4. The van der Waals surface area contributed by atoms with Crippen molar-refractivity contribution in [3.63, 3.8) is 0 Å². The Hall–Kier alpha value is -1.31. The van der Waals surface area contributed by atoms with Crippen molar-refractivity contribution < 1.29 is 0 Å². The first-order valence-electron chi connectivity index (χ1n) is 4.74. The molecule has 1 rings (SSSR count). The van der Waals surface area contributed by atoms with Gasteiger partial charge in [-0.25, -0.2) is 4.98 Å². The lowest BCUT2D eigenvalue weighted by Crippen LogP contribution is -2.28. The van der Waals surface area contributed by atoms with Crippen molar-refractivity contribution in [2.24, 2.45) is 5.73 Å². The van der Waals surface area contributed by atoms with E-state index in [1.807, 2.05) is 13.0 Å². The van der Waals surface area contributed by atoms with Crippen molar-refractivity contribution in [1.82, 2.24) is 4.98 Å². The van der Waals surface area contributed by atoms with Gasteiger partial charge in [0.2, 0.25) is 0 Å². The number of nitrogens with zero attached hydrogens (tertiary/aromatic N) is 2. The number of rotatable bonds is 4. The van der Waals surface area contributed by atoms with Crippen molar-refractivity contribution in [2.75, 3.05) is 11.9 Å². The third-order valence-electron chi connectivity index (χ3n) is 2.13. The average molecular weight is 225 g/mol. The van der Waals surface area contributed by atoms with Crippen LogP contribution in [0.1, 0.15) is 18.9 Å². The summed E-state index contributed by atoms with van der Waals surface area (Å²) in [5.41, 5.74) is 5.97. The highest BCUT2D eigenvalue weighted by Gasteiger charge is 2.10. The Bertz CT molecular complexity index is 368. The number of anilines is 1. The summed E-state index contributed by atoms with van der Waals surface area (Å²) < 4.78 is 0. The third kappa shape index (κ3) is 2.82.